The molecule has 3 aromatic rings. The number of aromatic nitrogens is 3. The van der Waals surface area contributed by atoms with Crippen molar-refractivity contribution < 1.29 is 4.39 Å². The summed E-state index contributed by atoms with van der Waals surface area (Å²) in [6.45, 7) is 3.37. The first-order valence-electron chi connectivity index (χ1n) is 6.40. The zero-order valence-corrected chi connectivity index (χ0v) is 13.2. The maximum Gasteiger partial charge on any atom is 0.277 e. The highest BCUT2D eigenvalue weighted by molar-refractivity contribution is 6.30. The van der Waals surface area contributed by atoms with E-state index >= 15 is 0 Å². The van der Waals surface area contributed by atoms with Crippen LogP contribution in [-0.4, -0.2) is 14.6 Å². The van der Waals surface area contributed by atoms with Crippen molar-refractivity contribution in [2.45, 2.75) is 13.8 Å². The number of hydrogen-bond donors (Lipinski definition) is 0. The van der Waals surface area contributed by atoms with E-state index in [1.165, 1.54) is 18.2 Å². The van der Waals surface area contributed by atoms with Gasteiger partial charge >= 0.3 is 0 Å². The van der Waals surface area contributed by atoms with Crippen molar-refractivity contribution in [2.75, 3.05) is 0 Å². The van der Waals surface area contributed by atoms with Gasteiger partial charge in [-0.15, -0.1) is 0 Å². The molecule has 2 aromatic heterocycles. The zero-order valence-electron chi connectivity index (χ0n) is 11.7. The minimum atomic E-state index is -0.524. The Labute approximate surface area is 135 Å². The van der Waals surface area contributed by atoms with Gasteiger partial charge in [0, 0.05) is 27.4 Å². The van der Waals surface area contributed by atoms with Crippen molar-refractivity contribution in [1.29, 1.82) is 0 Å². The molecule has 0 unspecified atom stereocenters. The van der Waals surface area contributed by atoms with Crippen LogP contribution in [-0.2, 0) is 0 Å². The number of halogens is 3. The van der Waals surface area contributed by atoms with Crippen LogP contribution < -0.4 is 5.56 Å². The summed E-state index contributed by atoms with van der Waals surface area (Å²) >= 11 is 11.8. The minimum absolute atomic E-state index is 0.0732. The number of rotatable bonds is 1. The van der Waals surface area contributed by atoms with Crippen LogP contribution in [0.5, 0.6) is 0 Å². The van der Waals surface area contributed by atoms with Crippen molar-refractivity contribution in [2.24, 2.45) is 0 Å². The monoisotopic (exact) mass is 337 g/mol. The van der Waals surface area contributed by atoms with Crippen LogP contribution in [0.1, 0.15) is 11.3 Å². The number of benzene rings is 1. The SMILES string of the molecule is Cc1nc2c(-c3ccc(Cl)cc3F)cc(Cl)nn2c(=O)c1C. The molecule has 0 saturated heterocycles. The van der Waals surface area contributed by atoms with E-state index in [2.05, 4.69) is 10.1 Å². The summed E-state index contributed by atoms with van der Waals surface area (Å²) in [6, 6.07) is 5.75. The van der Waals surface area contributed by atoms with Crippen molar-refractivity contribution in [3.63, 3.8) is 0 Å². The predicted octanol–water partition coefficient (Wildman–Crippen LogP) is 3.82. The fourth-order valence-electron chi connectivity index (χ4n) is 2.18. The third-order valence-electron chi connectivity index (χ3n) is 3.45. The molecule has 0 saturated carbocycles. The first-order valence-corrected chi connectivity index (χ1v) is 7.16. The van der Waals surface area contributed by atoms with Gasteiger partial charge in [-0.2, -0.15) is 9.61 Å². The van der Waals surface area contributed by atoms with E-state index in [9.17, 15) is 9.18 Å². The van der Waals surface area contributed by atoms with E-state index in [1.54, 1.807) is 19.9 Å². The summed E-state index contributed by atoms with van der Waals surface area (Å²) in [5, 5.41) is 4.32. The van der Waals surface area contributed by atoms with E-state index in [-0.39, 0.29) is 26.9 Å². The minimum Gasteiger partial charge on any atom is -0.267 e. The molecule has 0 fully saturated rings. The van der Waals surface area contributed by atoms with E-state index in [0.717, 1.165) is 4.52 Å². The molecule has 112 valence electrons. The Balaban J connectivity index is 2.46. The third-order valence-corrected chi connectivity index (χ3v) is 3.87. The number of aryl methyl sites for hydroxylation is 1. The largest absolute Gasteiger partial charge is 0.277 e. The fourth-order valence-corrected chi connectivity index (χ4v) is 2.52. The van der Waals surface area contributed by atoms with Crippen LogP contribution in [0.4, 0.5) is 4.39 Å². The summed E-state index contributed by atoms with van der Waals surface area (Å²) in [5.41, 5.74) is 1.58. The average molecular weight is 338 g/mol. The molecule has 0 aliphatic heterocycles. The average Bonchev–Trinajstić information content (AvgIpc) is 2.46. The molecule has 0 radical (unpaired) electrons. The highest BCUT2D eigenvalue weighted by Gasteiger charge is 2.16. The van der Waals surface area contributed by atoms with Crippen molar-refractivity contribution in [1.82, 2.24) is 14.6 Å². The van der Waals surface area contributed by atoms with Crippen LogP contribution in [0.25, 0.3) is 16.8 Å². The Hall–Kier alpha value is -1.98. The second-order valence-electron chi connectivity index (χ2n) is 4.87. The molecule has 2 heterocycles. The summed E-state index contributed by atoms with van der Waals surface area (Å²) in [7, 11) is 0. The first-order chi connectivity index (χ1) is 10.4. The lowest BCUT2D eigenvalue weighted by Crippen LogP contribution is -2.22. The molecular formula is C15H10Cl2FN3O. The second kappa shape index (κ2) is 5.34. The Morgan fingerprint density at radius 2 is 1.86 bits per heavy atom. The van der Waals surface area contributed by atoms with Gasteiger partial charge in [-0.25, -0.2) is 9.37 Å². The van der Waals surface area contributed by atoms with Gasteiger partial charge in [-0.3, -0.25) is 4.79 Å². The summed E-state index contributed by atoms with van der Waals surface area (Å²) in [6.07, 6.45) is 0. The van der Waals surface area contributed by atoms with Gasteiger partial charge in [0.2, 0.25) is 0 Å². The highest BCUT2D eigenvalue weighted by Crippen LogP contribution is 2.29. The quantitative estimate of drug-likeness (QED) is 0.678. The Bertz CT molecular complexity index is 969. The van der Waals surface area contributed by atoms with Crippen molar-refractivity contribution in [3.05, 3.63) is 61.9 Å². The van der Waals surface area contributed by atoms with Gasteiger partial charge in [-0.1, -0.05) is 23.2 Å². The maximum absolute atomic E-state index is 14.2. The van der Waals surface area contributed by atoms with Crippen LogP contribution in [0.2, 0.25) is 10.2 Å². The zero-order chi connectivity index (χ0) is 16.0. The van der Waals surface area contributed by atoms with Crippen LogP contribution in [0.15, 0.2) is 29.1 Å². The van der Waals surface area contributed by atoms with Crippen LogP contribution in [0.3, 0.4) is 0 Å². The molecule has 7 heteroatoms. The van der Waals surface area contributed by atoms with Gasteiger partial charge < -0.3 is 0 Å². The number of nitrogens with zero attached hydrogens (tertiary/aromatic N) is 3. The van der Waals surface area contributed by atoms with Gasteiger partial charge in [0.15, 0.2) is 10.8 Å². The Morgan fingerprint density at radius 3 is 2.55 bits per heavy atom. The lowest BCUT2D eigenvalue weighted by Gasteiger charge is -2.10. The molecule has 0 N–H and O–H groups in total. The molecule has 0 atom stereocenters. The van der Waals surface area contributed by atoms with E-state index < -0.39 is 5.82 Å². The molecule has 0 spiro atoms. The Morgan fingerprint density at radius 1 is 1.14 bits per heavy atom. The lowest BCUT2D eigenvalue weighted by molar-refractivity contribution is 0.631. The molecular weight excluding hydrogens is 328 g/mol. The first kappa shape index (κ1) is 14.9. The van der Waals surface area contributed by atoms with E-state index in [1.807, 2.05) is 0 Å². The van der Waals surface area contributed by atoms with Gasteiger partial charge in [0.25, 0.3) is 5.56 Å². The van der Waals surface area contributed by atoms with Crippen LogP contribution >= 0.6 is 23.2 Å². The lowest BCUT2D eigenvalue weighted by atomic mass is 10.1. The molecule has 22 heavy (non-hydrogen) atoms. The van der Waals surface area contributed by atoms with Crippen LogP contribution in [0, 0.1) is 19.7 Å². The molecule has 0 aliphatic rings. The highest BCUT2D eigenvalue weighted by atomic mass is 35.5. The topological polar surface area (TPSA) is 47.3 Å². The number of fused-ring (bicyclic) bond motifs is 1. The molecule has 0 bridgehead atoms. The smallest absolute Gasteiger partial charge is 0.267 e. The normalized spacial score (nSPS) is 11.1. The van der Waals surface area contributed by atoms with Crippen molar-refractivity contribution >= 4 is 28.8 Å². The summed E-state index contributed by atoms with van der Waals surface area (Å²) < 4.78 is 15.3. The van der Waals surface area contributed by atoms with Crippen molar-refractivity contribution in [3.8, 4) is 11.1 Å². The summed E-state index contributed by atoms with van der Waals surface area (Å²) in [4.78, 5) is 16.7. The Kier molecular flexibility index (Phi) is 3.62. The molecule has 3 rings (SSSR count). The standard InChI is InChI=1S/C15H10Cl2FN3O/c1-7-8(2)19-14-11(6-13(17)20-21(14)15(7)22)10-4-3-9(16)5-12(10)18/h3-6H,1-2H3. The fraction of sp³-hybridized carbons (Fsp3) is 0.133. The van der Waals surface area contributed by atoms with Gasteiger partial charge in [0.1, 0.15) is 5.82 Å². The predicted molar refractivity (Wildman–Crippen MR) is 84.1 cm³/mol. The second-order valence-corrected chi connectivity index (χ2v) is 5.69. The summed E-state index contributed by atoms with van der Waals surface area (Å²) in [5.74, 6) is -0.524. The van der Waals surface area contributed by atoms with E-state index in [0.29, 0.717) is 16.8 Å². The molecule has 0 aliphatic carbocycles. The molecule has 0 amide bonds. The van der Waals surface area contributed by atoms with E-state index in [4.69, 9.17) is 23.2 Å². The van der Waals surface area contributed by atoms with Gasteiger partial charge in [0.05, 0.1) is 0 Å². The maximum atomic E-state index is 14.2. The third kappa shape index (κ3) is 2.36. The molecule has 1 aromatic carbocycles. The molecule has 4 nitrogen and oxygen atoms in total. The van der Waals surface area contributed by atoms with Gasteiger partial charge in [-0.05, 0) is 38.1 Å². The number of hydrogen-bond acceptors (Lipinski definition) is 3.